The van der Waals surface area contributed by atoms with E-state index in [2.05, 4.69) is 10.6 Å². The molecule has 1 aliphatic heterocycles. The number of carboxylic acids is 1. The summed E-state index contributed by atoms with van der Waals surface area (Å²) in [5, 5.41) is 14.3. The van der Waals surface area contributed by atoms with Gasteiger partial charge in [-0.3, -0.25) is 4.79 Å². The Labute approximate surface area is 208 Å². The fraction of sp³-hybridized carbons (Fsp3) is 0.423. The fourth-order valence-corrected chi connectivity index (χ4v) is 4.77. The minimum atomic E-state index is -0.784. The standard InChI is InChI=1S/C26H30FN3O6/c1-35-23-9-5-19(27)14-22(23)29-25(33)28-20-6-4-18-15-30(11-10-17(18)13-20)26(34)36-21-7-2-16(3-8-21)12-24(31)32/h4-6,9,13-14,16,21H,2-3,7-8,10-12,15H2,1H3,(H,31,32)(H2,28,29,33). The number of hydrogen-bond acceptors (Lipinski definition) is 5. The van der Waals surface area contributed by atoms with Gasteiger partial charge in [0, 0.05) is 31.3 Å². The van der Waals surface area contributed by atoms with Crippen LogP contribution >= 0.6 is 0 Å². The molecule has 2 aliphatic rings. The molecule has 1 saturated carbocycles. The van der Waals surface area contributed by atoms with Gasteiger partial charge in [-0.2, -0.15) is 0 Å². The number of carbonyl (C=O) groups is 3. The number of ether oxygens (including phenoxy) is 2. The number of carbonyl (C=O) groups excluding carboxylic acids is 2. The second-order valence-corrected chi connectivity index (χ2v) is 9.20. The average Bonchev–Trinajstić information content (AvgIpc) is 2.84. The van der Waals surface area contributed by atoms with Gasteiger partial charge in [-0.25, -0.2) is 14.0 Å². The first-order valence-electron chi connectivity index (χ1n) is 12.0. The van der Waals surface area contributed by atoms with Crippen molar-refractivity contribution in [3.05, 3.63) is 53.3 Å². The predicted octanol–water partition coefficient (Wildman–Crippen LogP) is 5.01. The van der Waals surface area contributed by atoms with Crippen LogP contribution in [0.25, 0.3) is 0 Å². The Balaban J connectivity index is 1.29. The highest BCUT2D eigenvalue weighted by Gasteiger charge is 2.28. The van der Waals surface area contributed by atoms with E-state index in [-0.39, 0.29) is 30.2 Å². The van der Waals surface area contributed by atoms with Crippen molar-refractivity contribution in [2.45, 2.75) is 51.2 Å². The summed E-state index contributed by atoms with van der Waals surface area (Å²) in [5.41, 5.74) is 2.80. The van der Waals surface area contributed by atoms with Crippen LogP contribution in [0.15, 0.2) is 36.4 Å². The number of carboxylic acid groups (broad SMARTS) is 1. The molecular formula is C26H30FN3O6. The molecule has 2 aromatic rings. The molecule has 192 valence electrons. The first-order valence-corrected chi connectivity index (χ1v) is 12.0. The van der Waals surface area contributed by atoms with Crippen molar-refractivity contribution in [2.75, 3.05) is 24.3 Å². The van der Waals surface area contributed by atoms with Crippen molar-refractivity contribution in [2.24, 2.45) is 5.92 Å². The van der Waals surface area contributed by atoms with Crippen LogP contribution in [0.1, 0.15) is 43.2 Å². The minimum Gasteiger partial charge on any atom is -0.495 e. The summed E-state index contributed by atoms with van der Waals surface area (Å²) in [6, 6.07) is 8.81. The molecule has 0 atom stereocenters. The second-order valence-electron chi connectivity index (χ2n) is 9.20. The molecular weight excluding hydrogens is 469 g/mol. The summed E-state index contributed by atoms with van der Waals surface area (Å²) in [5.74, 6) is -0.778. The highest BCUT2D eigenvalue weighted by Crippen LogP contribution is 2.30. The van der Waals surface area contributed by atoms with Gasteiger partial charge in [-0.05, 0) is 73.4 Å². The fourth-order valence-electron chi connectivity index (χ4n) is 4.77. The van der Waals surface area contributed by atoms with Crippen LogP contribution in [0.5, 0.6) is 5.75 Å². The number of aliphatic carboxylic acids is 1. The lowest BCUT2D eigenvalue weighted by molar-refractivity contribution is -0.138. The van der Waals surface area contributed by atoms with Gasteiger partial charge in [0.25, 0.3) is 0 Å². The molecule has 9 nitrogen and oxygen atoms in total. The van der Waals surface area contributed by atoms with E-state index in [0.29, 0.717) is 43.8 Å². The third kappa shape index (κ3) is 6.44. The van der Waals surface area contributed by atoms with Crippen LogP contribution in [0.4, 0.5) is 25.4 Å². The Morgan fingerprint density at radius 2 is 1.83 bits per heavy atom. The zero-order chi connectivity index (χ0) is 25.7. The zero-order valence-corrected chi connectivity index (χ0v) is 20.1. The van der Waals surface area contributed by atoms with Gasteiger partial charge in [0.15, 0.2) is 0 Å². The molecule has 1 fully saturated rings. The monoisotopic (exact) mass is 499 g/mol. The van der Waals surface area contributed by atoms with Gasteiger partial charge >= 0.3 is 18.1 Å². The highest BCUT2D eigenvalue weighted by molar-refractivity contribution is 6.00. The van der Waals surface area contributed by atoms with Gasteiger partial charge < -0.3 is 30.1 Å². The van der Waals surface area contributed by atoms with E-state index in [1.807, 2.05) is 12.1 Å². The summed E-state index contributed by atoms with van der Waals surface area (Å²) >= 11 is 0. The van der Waals surface area contributed by atoms with Crippen LogP contribution in [-0.4, -0.2) is 47.9 Å². The van der Waals surface area contributed by atoms with Gasteiger partial charge in [0.1, 0.15) is 17.7 Å². The number of anilines is 2. The van der Waals surface area contributed by atoms with Gasteiger partial charge in [0.05, 0.1) is 12.8 Å². The number of halogens is 1. The third-order valence-corrected chi connectivity index (χ3v) is 6.67. The molecule has 36 heavy (non-hydrogen) atoms. The molecule has 3 amide bonds. The molecule has 1 heterocycles. The molecule has 0 spiro atoms. The lowest BCUT2D eigenvalue weighted by atomic mass is 9.85. The smallest absolute Gasteiger partial charge is 0.410 e. The van der Waals surface area contributed by atoms with E-state index in [9.17, 15) is 18.8 Å². The maximum absolute atomic E-state index is 13.5. The second kappa shape index (κ2) is 11.3. The number of nitrogens with one attached hydrogen (secondary N) is 2. The maximum Gasteiger partial charge on any atom is 0.410 e. The molecule has 1 aliphatic carbocycles. The number of urea groups is 1. The van der Waals surface area contributed by atoms with Gasteiger partial charge in [-0.1, -0.05) is 6.07 Å². The van der Waals surface area contributed by atoms with Crippen molar-refractivity contribution in [3.63, 3.8) is 0 Å². The molecule has 0 bridgehead atoms. The van der Waals surface area contributed by atoms with E-state index in [1.54, 1.807) is 11.0 Å². The molecule has 3 N–H and O–H groups in total. The van der Waals surface area contributed by atoms with Crippen molar-refractivity contribution < 1.29 is 33.4 Å². The molecule has 0 aromatic heterocycles. The third-order valence-electron chi connectivity index (χ3n) is 6.67. The Morgan fingerprint density at radius 3 is 2.56 bits per heavy atom. The summed E-state index contributed by atoms with van der Waals surface area (Å²) in [4.78, 5) is 37.7. The number of benzene rings is 2. The quantitative estimate of drug-likeness (QED) is 0.515. The van der Waals surface area contributed by atoms with Crippen molar-refractivity contribution in [3.8, 4) is 5.75 Å². The summed E-state index contributed by atoms with van der Waals surface area (Å²) in [6.45, 7) is 0.909. The molecule has 2 aromatic carbocycles. The first-order chi connectivity index (χ1) is 17.3. The van der Waals surface area contributed by atoms with Gasteiger partial charge in [0.2, 0.25) is 0 Å². The molecule has 0 saturated heterocycles. The molecule has 10 heteroatoms. The number of hydrogen-bond donors (Lipinski definition) is 3. The SMILES string of the molecule is COc1ccc(F)cc1NC(=O)Nc1ccc2c(c1)CCN(C(=O)OC1CCC(CC(=O)O)CC1)C2. The van der Waals surface area contributed by atoms with E-state index in [1.165, 1.54) is 25.3 Å². The number of amides is 3. The first kappa shape index (κ1) is 25.3. The van der Waals surface area contributed by atoms with Crippen molar-refractivity contribution in [1.82, 2.24) is 4.90 Å². The predicted molar refractivity (Wildman–Crippen MR) is 131 cm³/mol. The summed E-state index contributed by atoms with van der Waals surface area (Å²) in [7, 11) is 1.44. The maximum atomic E-state index is 13.5. The zero-order valence-electron chi connectivity index (χ0n) is 20.1. The Kier molecular flexibility index (Phi) is 7.92. The van der Waals surface area contributed by atoms with Crippen LogP contribution in [0, 0.1) is 11.7 Å². The van der Waals surface area contributed by atoms with Crippen LogP contribution in [0.3, 0.4) is 0 Å². The topological polar surface area (TPSA) is 117 Å². The van der Waals surface area contributed by atoms with E-state index in [0.717, 1.165) is 24.0 Å². The van der Waals surface area contributed by atoms with Gasteiger partial charge in [-0.15, -0.1) is 0 Å². The number of nitrogens with zero attached hydrogens (tertiary/aromatic N) is 1. The number of rotatable bonds is 6. The largest absolute Gasteiger partial charge is 0.495 e. The molecule has 0 radical (unpaired) electrons. The van der Waals surface area contributed by atoms with Crippen molar-refractivity contribution in [1.29, 1.82) is 0 Å². The highest BCUT2D eigenvalue weighted by atomic mass is 19.1. The van der Waals surface area contributed by atoms with Crippen LogP contribution in [0.2, 0.25) is 0 Å². The Morgan fingerprint density at radius 1 is 1.06 bits per heavy atom. The van der Waals surface area contributed by atoms with E-state index >= 15 is 0 Å². The van der Waals surface area contributed by atoms with E-state index in [4.69, 9.17) is 14.6 Å². The van der Waals surface area contributed by atoms with E-state index < -0.39 is 17.8 Å². The summed E-state index contributed by atoms with van der Waals surface area (Å²) < 4.78 is 24.4. The van der Waals surface area contributed by atoms with Crippen LogP contribution in [-0.2, 0) is 22.5 Å². The molecule has 0 unspecified atom stereocenters. The number of methoxy groups -OCH3 is 1. The Hall–Kier alpha value is -3.82. The average molecular weight is 500 g/mol. The normalized spacial score (nSPS) is 19.1. The Bertz CT molecular complexity index is 1130. The van der Waals surface area contributed by atoms with Crippen LogP contribution < -0.4 is 15.4 Å². The van der Waals surface area contributed by atoms with Crippen molar-refractivity contribution >= 4 is 29.5 Å². The molecule has 4 rings (SSSR count). The minimum absolute atomic E-state index is 0.153. The lowest BCUT2D eigenvalue weighted by Crippen LogP contribution is -2.39. The lowest BCUT2D eigenvalue weighted by Gasteiger charge is -2.32. The number of fused-ring (bicyclic) bond motifs is 1. The summed E-state index contributed by atoms with van der Waals surface area (Å²) in [6.07, 6.45) is 3.13.